The van der Waals surface area contributed by atoms with Crippen LogP contribution in [0.15, 0.2) is 40.7 Å². The number of nitro groups is 1. The summed E-state index contributed by atoms with van der Waals surface area (Å²) in [5.41, 5.74) is 0.699. The molecule has 0 aliphatic carbocycles. The van der Waals surface area contributed by atoms with Crippen LogP contribution in [0.1, 0.15) is 24.2 Å². The fourth-order valence-corrected chi connectivity index (χ4v) is 5.47. The lowest BCUT2D eigenvalue weighted by atomic mass is 10.1. The van der Waals surface area contributed by atoms with E-state index in [-0.39, 0.29) is 5.56 Å². The van der Waals surface area contributed by atoms with E-state index in [0.29, 0.717) is 10.9 Å². The molecule has 3 aromatic rings. The Balaban J connectivity index is 1.68. The van der Waals surface area contributed by atoms with E-state index in [1.807, 2.05) is 11.8 Å². The van der Waals surface area contributed by atoms with Crippen LogP contribution in [0.3, 0.4) is 0 Å². The molecule has 1 heterocycles. The van der Waals surface area contributed by atoms with Crippen LogP contribution in [0.25, 0.3) is 10.2 Å². The summed E-state index contributed by atoms with van der Waals surface area (Å²) in [6, 6.07) is 8.25. The second-order valence-corrected chi connectivity index (χ2v) is 10.4. The number of non-ortho nitro benzene ring substituents is 1. The molecule has 1 amide bonds. The normalized spacial score (nSPS) is 11.2. The second-order valence-electron chi connectivity index (χ2n) is 6.31. The Kier molecular flexibility index (Phi) is 7.09. The van der Waals surface area contributed by atoms with E-state index in [0.717, 1.165) is 44.3 Å². The molecule has 29 heavy (non-hydrogen) atoms. The molecule has 1 N–H and O–H groups in total. The fourth-order valence-electron chi connectivity index (χ4n) is 2.46. The highest BCUT2D eigenvalue weighted by molar-refractivity contribution is 8.04. The standard InChI is InChI=1S/C19H18FN3O3S3/c1-11(2)27-7-8-28-19-22-16-6-3-12(9-17(16)29-19)21-18(24)14-5-4-13(23(25)26)10-15(14)20/h3-6,9-11H,7-8H2,1-2H3,(H,21,24). The second kappa shape index (κ2) is 9.55. The number of hydrogen-bond donors (Lipinski definition) is 1. The summed E-state index contributed by atoms with van der Waals surface area (Å²) < 4.78 is 15.9. The molecule has 0 spiro atoms. The molecule has 6 nitrogen and oxygen atoms in total. The van der Waals surface area contributed by atoms with Crippen LogP contribution in [0.4, 0.5) is 15.8 Å². The van der Waals surface area contributed by atoms with Crippen LogP contribution < -0.4 is 5.32 Å². The summed E-state index contributed by atoms with van der Waals surface area (Å²) >= 11 is 5.16. The molecular formula is C19H18FN3O3S3. The smallest absolute Gasteiger partial charge is 0.272 e. The number of nitro benzene ring substituents is 1. The van der Waals surface area contributed by atoms with E-state index in [4.69, 9.17) is 0 Å². The Bertz CT molecular complexity index is 1060. The van der Waals surface area contributed by atoms with Gasteiger partial charge in [0.15, 0.2) is 4.34 Å². The van der Waals surface area contributed by atoms with Crippen molar-refractivity contribution in [2.24, 2.45) is 0 Å². The van der Waals surface area contributed by atoms with E-state index >= 15 is 0 Å². The molecule has 0 saturated heterocycles. The minimum absolute atomic E-state index is 0.251. The number of nitrogens with one attached hydrogen (secondary N) is 1. The Labute approximate surface area is 179 Å². The molecule has 0 fully saturated rings. The van der Waals surface area contributed by atoms with Crippen LogP contribution in [0.5, 0.6) is 0 Å². The number of benzene rings is 2. The van der Waals surface area contributed by atoms with Crippen LogP contribution in [-0.4, -0.2) is 32.6 Å². The lowest BCUT2D eigenvalue weighted by molar-refractivity contribution is -0.385. The van der Waals surface area contributed by atoms with E-state index < -0.39 is 22.3 Å². The molecule has 0 aliphatic heterocycles. The zero-order valence-corrected chi connectivity index (χ0v) is 18.1. The quantitative estimate of drug-likeness (QED) is 0.201. The lowest BCUT2D eigenvalue weighted by Crippen LogP contribution is -2.13. The van der Waals surface area contributed by atoms with Crippen LogP contribution >= 0.6 is 34.9 Å². The number of fused-ring (bicyclic) bond motifs is 1. The maximum atomic E-state index is 14.0. The van der Waals surface area contributed by atoms with Gasteiger partial charge in [-0.15, -0.1) is 11.3 Å². The first kappa shape index (κ1) is 21.5. The first-order valence-electron chi connectivity index (χ1n) is 8.74. The Morgan fingerprint density at radius 1 is 1.28 bits per heavy atom. The van der Waals surface area contributed by atoms with Crippen molar-refractivity contribution in [3.05, 3.63) is 57.9 Å². The average Bonchev–Trinajstić information content (AvgIpc) is 3.06. The Hall–Kier alpha value is -2.17. The number of rotatable bonds is 8. The summed E-state index contributed by atoms with van der Waals surface area (Å²) in [6.07, 6.45) is 0. The van der Waals surface area contributed by atoms with Crippen molar-refractivity contribution >= 4 is 62.4 Å². The molecule has 0 bridgehead atoms. The van der Waals surface area contributed by atoms with Gasteiger partial charge in [-0.05, 0) is 29.5 Å². The number of anilines is 1. The van der Waals surface area contributed by atoms with E-state index in [2.05, 4.69) is 24.1 Å². The van der Waals surface area contributed by atoms with Crippen LogP contribution in [0.2, 0.25) is 0 Å². The van der Waals surface area contributed by atoms with E-state index in [9.17, 15) is 19.3 Å². The molecule has 3 rings (SSSR count). The maximum Gasteiger partial charge on any atom is 0.272 e. The predicted octanol–water partition coefficient (Wildman–Crippen LogP) is 5.83. The number of thioether (sulfide) groups is 2. The van der Waals surface area contributed by atoms with Crippen LogP contribution in [0, 0.1) is 15.9 Å². The summed E-state index contributed by atoms with van der Waals surface area (Å²) in [5.74, 6) is 0.432. The minimum Gasteiger partial charge on any atom is -0.322 e. The van der Waals surface area contributed by atoms with Crippen molar-refractivity contribution in [3.8, 4) is 0 Å². The average molecular weight is 452 g/mol. The fraction of sp³-hybridized carbons (Fsp3) is 0.263. The van der Waals surface area contributed by atoms with Crippen molar-refractivity contribution in [1.82, 2.24) is 4.98 Å². The maximum absolute atomic E-state index is 14.0. The third-order valence-electron chi connectivity index (χ3n) is 3.79. The van der Waals surface area contributed by atoms with Crippen molar-refractivity contribution in [1.29, 1.82) is 0 Å². The minimum atomic E-state index is -0.937. The molecule has 2 aromatic carbocycles. The SMILES string of the molecule is CC(C)SCCSc1nc2ccc(NC(=O)c3ccc([N+](=O)[O-])cc3F)cc2s1. The summed E-state index contributed by atoms with van der Waals surface area (Å²) in [6.45, 7) is 4.34. The van der Waals surface area contributed by atoms with E-state index in [1.54, 1.807) is 41.3 Å². The molecule has 152 valence electrons. The molecule has 0 atom stereocenters. The molecule has 10 heteroatoms. The van der Waals surface area contributed by atoms with Gasteiger partial charge in [0.2, 0.25) is 0 Å². The highest BCUT2D eigenvalue weighted by Crippen LogP contribution is 2.32. The van der Waals surface area contributed by atoms with Gasteiger partial charge in [-0.1, -0.05) is 25.6 Å². The first-order valence-corrected chi connectivity index (χ1v) is 11.6. The number of amides is 1. The number of nitrogens with zero attached hydrogens (tertiary/aromatic N) is 2. The predicted molar refractivity (Wildman–Crippen MR) is 119 cm³/mol. The van der Waals surface area contributed by atoms with E-state index in [1.165, 1.54) is 0 Å². The summed E-state index contributed by atoms with van der Waals surface area (Å²) in [4.78, 5) is 26.9. The van der Waals surface area contributed by atoms with Gasteiger partial charge in [0.1, 0.15) is 5.82 Å². The van der Waals surface area contributed by atoms with Gasteiger partial charge in [-0.3, -0.25) is 14.9 Å². The molecular weight excluding hydrogens is 433 g/mol. The topological polar surface area (TPSA) is 85.1 Å². The van der Waals surface area contributed by atoms with Gasteiger partial charge in [0, 0.05) is 23.3 Å². The zero-order valence-electron chi connectivity index (χ0n) is 15.7. The number of thiazole rings is 1. The Morgan fingerprint density at radius 3 is 2.76 bits per heavy atom. The van der Waals surface area contributed by atoms with Crippen LogP contribution in [-0.2, 0) is 0 Å². The Morgan fingerprint density at radius 2 is 2.07 bits per heavy atom. The largest absolute Gasteiger partial charge is 0.322 e. The number of aromatic nitrogens is 1. The molecule has 0 saturated carbocycles. The molecule has 1 aromatic heterocycles. The zero-order chi connectivity index (χ0) is 21.0. The third kappa shape index (κ3) is 5.68. The van der Waals surface area contributed by atoms with Crippen molar-refractivity contribution in [2.75, 3.05) is 16.8 Å². The summed E-state index contributed by atoms with van der Waals surface area (Å²) in [5, 5.41) is 13.9. The highest BCUT2D eigenvalue weighted by atomic mass is 32.2. The van der Waals surface area contributed by atoms with Gasteiger partial charge >= 0.3 is 0 Å². The number of carbonyl (C=O) groups excluding carboxylic acids is 1. The third-order valence-corrected chi connectivity index (χ3v) is 7.32. The monoisotopic (exact) mass is 451 g/mol. The summed E-state index contributed by atoms with van der Waals surface area (Å²) in [7, 11) is 0. The van der Waals surface area contributed by atoms with Gasteiger partial charge in [-0.25, -0.2) is 9.37 Å². The molecule has 0 radical (unpaired) electrons. The van der Waals surface area contributed by atoms with Crippen molar-refractivity contribution in [2.45, 2.75) is 23.4 Å². The number of carbonyl (C=O) groups is 1. The first-order chi connectivity index (χ1) is 13.8. The van der Waals surface area contributed by atoms with Crippen molar-refractivity contribution in [3.63, 3.8) is 0 Å². The van der Waals surface area contributed by atoms with Gasteiger partial charge in [0.25, 0.3) is 11.6 Å². The van der Waals surface area contributed by atoms with Crippen molar-refractivity contribution < 1.29 is 14.1 Å². The van der Waals surface area contributed by atoms with Gasteiger partial charge in [-0.2, -0.15) is 11.8 Å². The van der Waals surface area contributed by atoms with Gasteiger partial charge < -0.3 is 5.32 Å². The number of hydrogen-bond acceptors (Lipinski definition) is 7. The van der Waals surface area contributed by atoms with Gasteiger partial charge in [0.05, 0.1) is 26.8 Å². The molecule has 0 aliphatic rings. The highest BCUT2D eigenvalue weighted by Gasteiger charge is 2.17. The number of halogens is 1. The lowest BCUT2D eigenvalue weighted by Gasteiger charge is -2.06. The molecule has 0 unspecified atom stereocenters.